The first kappa shape index (κ1) is 15.4. The summed E-state index contributed by atoms with van der Waals surface area (Å²) in [5, 5.41) is 0. The van der Waals surface area contributed by atoms with Gasteiger partial charge in [0.15, 0.2) is 0 Å². The summed E-state index contributed by atoms with van der Waals surface area (Å²) < 4.78 is 10.9. The molecule has 0 aliphatic heterocycles. The lowest BCUT2D eigenvalue weighted by Gasteiger charge is -2.18. The van der Waals surface area contributed by atoms with Crippen molar-refractivity contribution >= 4 is 0 Å². The van der Waals surface area contributed by atoms with Gasteiger partial charge in [-0.15, -0.1) is 0 Å². The fraction of sp³-hybridized carbons (Fsp3) is 0.333. The van der Waals surface area contributed by atoms with Crippen molar-refractivity contribution < 1.29 is 9.47 Å². The minimum atomic E-state index is -0.129. The summed E-state index contributed by atoms with van der Waals surface area (Å²) in [5.74, 6) is 1.71. The molecule has 0 saturated heterocycles. The predicted octanol–water partition coefficient (Wildman–Crippen LogP) is 3.56. The summed E-state index contributed by atoms with van der Waals surface area (Å²) >= 11 is 0. The lowest BCUT2D eigenvalue weighted by atomic mass is 9.96. The standard InChI is InChI=1S/C18H23NO2/c1-12-5-7-17(20-3)14(9-12)11-16(19)15-10-13(2)6-8-18(15)21-4/h5-10,16H,11,19H2,1-4H3. The Hall–Kier alpha value is -2.00. The normalized spacial score (nSPS) is 12.0. The van der Waals surface area contributed by atoms with E-state index >= 15 is 0 Å². The molecule has 3 heteroatoms. The van der Waals surface area contributed by atoms with Crippen molar-refractivity contribution in [3.05, 3.63) is 58.7 Å². The Balaban J connectivity index is 2.31. The van der Waals surface area contributed by atoms with E-state index in [1.54, 1.807) is 14.2 Å². The number of ether oxygens (including phenoxy) is 2. The van der Waals surface area contributed by atoms with Crippen molar-refractivity contribution in [1.29, 1.82) is 0 Å². The Labute approximate surface area is 126 Å². The molecule has 0 radical (unpaired) electrons. The molecule has 2 aromatic carbocycles. The summed E-state index contributed by atoms with van der Waals surface area (Å²) in [7, 11) is 3.36. The van der Waals surface area contributed by atoms with Gasteiger partial charge in [-0.25, -0.2) is 0 Å². The molecular formula is C18H23NO2. The zero-order valence-electron chi connectivity index (χ0n) is 13.1. The highest BCUT2D eigenvalue weighted by Crippen LogP contribution is 2.30. The van der Waals surface area contributed by atoms with E-state index in [-0.39, 0.29) is 6.04 Å². The molecule has 1 unspecified atom stereocenters. The third-order valence-electron chi connectivity index (χ3n) is 3.66. The van der Waals surface area contributed by atoms with Crippen molar-refractivity contribution in [3.8, 4) is 11.5 Å². The highest BCUT2D eigenvalue weighted by atomic mass is 16.5. The number of nitrogens with two attached hydrogens (primary N) is 1. The van der Waals surface area contributed by atoms with Crippen LogP contribution in [0.25, 0.3) is 0 Å². The van der Waals surface area contributed by atoms with Gasteiger partial charge in [-0.1, -0.05) is 35.4 Å². The second kappa shape index (κ2) is 6.64. The van der Waals surface area contributed by atoms with E-state index in [2.05, 4.69) is 26.0 Å². The Bertz CT molecular complexity index is 623. The SMILES string of the molecule is COc1ccc(C)cc1CC(N)c1cc(C)ccc1OC. The highest BCUT2D eigenvalue weighted by Gasteiger charge is 2.15. The zero-order chi connectivity index (χ0) is 15.4. The molecule has 3 nitrogen and oxygen atoms in total. The molecule has 0 saturated carbocycles. The first-order valence-corrected chi connectivity index (χ1v) is 7.08. The van der Waals surface area contributed by atoms with Gasteiger partial charge in [0.05, 0.1) is 14.2 Å². The van der Waals surface area contributed by atoms with Crippen molar-refractivity contribution in [3.63, 3.8) is 0 Å². The van der Waals surface area contributed by atoms with Gasteiger partial charge >= 0.3 is 0 Å². The largest absolute Gasteiger partial charge is 0.496 e. The minimum absolute atomic E-state index is 0.129. The molecule has 0 bridgehead atoms. The van der Waals surface area contributed by atoms with Gasteiger partial charge in [0.25, 0.3) is 0 Å². The Morgan fingerprint density at radius 3 is 2.10 bits per heavy atom. The number of hydrogen-bond donors (Lipinski definition) is 1. The van der Waals surface area contributed by atoms with E-state index in [0.717, 1.165) is 22.6 Å². The van der Waals surface area contributed by atoms with Crippen LogP contribution in [0.1, 0.15) is 28.3 Å². The topological polar surface area (TPSA) is 44.5 Å². The third-order valence-corrected chi connectivity index (χ3v) is 3.66. The molecule has 1 atom stereocenters. The fourth-order valence-corrected chi connectivity index (χ4v) is 2.56. The van der Waals surface area contributed by atoms with Crippen LogP contribution >= 0.6 is 0 Å². The van der Waals surface area contributed by atoms with Gasteiger partial charge < -0.3 is 15.2 Å². The second-order valence-electron chi connectivity index (χ2n) is 5.37. The number of methoxy groups -OCH3 is 2. The van der Waals surface area contributed by atoms with Crippen LogP contribution in [0, 0.1) is 13.8 Å². The van der Waals surface area contributed by atoms with E-state index < -0.39 is 0 Å². The monoisotopic (exact) mass is 285 g/mol. The van der Waals surface area contributed by atoms with Crippen LogP contribution in [0.3, 0.4) is 0 Å². The van der Waals surface area contributed by atoms with Crippen molar-refractivity contribution in [2.45, 2.75) is 26.3 Å². The number of hydrogen-bond acceptors (Lipinski definition) is 3. The van der Waals surface area contributed by atoms with Crippen LogP contribution in [0.4, 0.5) is 0 Å². The highest BCUT2D eigenvalue weighted by molar-refractivity contribution is 5.42. The molecule has 0 fully saturated rings. The van der Waals surface area contributed by atoms with E-state index in [1.807, 2.05) is 24.3 Å². The van der Waals surface area contributed by atoms with Gasteiger partial charge in [-0.2, -0.15) is 0 Å². The average molecular weight is 285 g/mol. The molecule has 2 aromatic rings. The first-order valence-electron chi connectivity index (χ1n) is 7.08. The molecule has 21 heavy (non-hydrogen) atoms. The average Bonchev–Trinajstić information content (AvgIpc) is 2.47. The Morgan fingerprint density at radius 2 is 1.48 bits per heavy atom. The van der Waals surface area contributed by atoms with Gasteiger partial charge in [0.1, 0.15) is 11.5 Å². The van der Waals surface area contributed by atoms with E-state index in [1.165, 1.54) is 11.1 Å². The van der Waals surface area contributed by atoms with Crippen LogP contribution < -0.4 is 15.2 Å². The van der Waals surface area contributed by atoms with Crippen LogP contribution in [0.15, 0.2) is 36.4 Å². The van der Waals surface area contributed by atoms with E-state index in [9.17, 15) is 0 Å². The first-order chi connectivity index (χ1) is 10.0. The summed E-state index contributed by atoms with van der Waals surface area (Å²) in [6.45, 7) is 4.13. The van der Waals surface area contributed by atoms with Crippen LogP contribution in [0.2, 0.25) is 0 Å². The molecular weight excluding hydrogens is 262 g/mol. The maximum Gasteiger partial charge on any atom is 0.123 e. The third kappa shape index (κ3) is 3.56. The molecule has 0 spiro atoms. The number of aryl methyl sites for hydroxylation is 2. The van der Waals surface area contributed by atoms with E-state index in [4.69, 9.17) is 15.2 Å². The number of benzene rings is 2. The Kier molecular flexibility index (Phi) is 4.86. The lowest BCUT2D eigenvalue weighted by Crippen LogP contribution is -2.15. The molecule has 0 heterocycles. The molecule has 0 aliphatic carbocycles. The summed E-state index contributed by atoms with van der Waals surface area (Å²) in [6, 6.07) is 12.1. The van der Waals surface area contributed by atoms with Gasteiger partial charge in [0, 0.05) is 11.6 Å². The van der Waals surface area contributed by atoms with Gasteiger partial charge in [-0.05, 0) is 38.0 Å². The minimum Gasteiger partial charge on any atom is -0.496 e. The maximum atomic E-state index is 6.41. The van der Waals surface area contributed by atoms with Crippen LogP contribution in [-0.2, 0) is 6.42 Å². The second-order valence-corrected chi connectivity index (χ2v) is 5.37. The number of rotatable bonds is 5. The van der Waals surface area contributed by atoms with Crippen LogP contribution in [-0.4, -0.2) is 14.2 Å². The summed E-state index contributed by atoms with van der Waals surface area (Å²) in [6.07, 6.45) is 0.713. The van der Waals surface area contributed by atoms with Crippen molar-refractivity contribution in [2.75, 3.05) is 14.2 Å². The van der Waals surface area contributed by atoms with Gasteiger partial charge in [0.2, 0.25) is 0 Å². The smallest absolute Gasteiger partial charge is 0.123 e. The fourth-order valence-electron chi connectivity index (χ4n) is 2.56. The zero-order valence-corrected chi connectivity index (χ0v) is 13.1. The summed E-state index contributed by atoms with van der Waals surface area (Å²) in [4.78, 5) is 0. The predicted molar refractivity (Wildman–Crippen MR) is 86.1 cm³/mol. The molecule has 2 rings (SSSR count). The summed E-state index contributed by atoms with van der Waals surface area (Å²) in [5.41, 5.74) is 10.9. The van der Waals surface area contributed by atoms with Crippen LogP contribution in [0.5, 0.6) is 11.5 Å². The Morgan fingerprint density at radius 1 is 0.905 bits per heavy atom. The quantitative estimate of drug-likeness (QED) is 0.913. The molecule has 0 amide bonds. The molecule has 2 N–H and O–H groups in total. The van der Waals surface area contributed by atoms with Crippen molar-refractivity contribution in [1.82, 2.24) is 0 Å². The van der Waals surface area contributed by atoms with Crippen molar-refractivity contribution in [2.24, 2.45) is 5.73 Å². The van der Waals surface area contributed by atoms with Gasteiger partial charge in [-0.3, -0.25) is 0 Å². The van der Waals surface area contributed by atoms with E-state index in [0.29, 0.717) is 6.42 Å². The molecule has 0 aliphatic rings. The molecule has 0 aromatic heterocycles. The maximum absolute atomic E-state index is 6.41. The lowest BCUT2D eigenvalue weighted by molar-refractivity contribution is 0.400. The molecule has 112 valence electrons.